The van der Waals surface area contributed by atoms with E-state index in [9.17, 15) is 4.79 Å². The second-order valence-corrected chi connectivity index (χ2v) is 7.97. The lowest BCUT2D eigenvalue weighted by Gasteiger charge is -2.06. The van der Waals surface area contributed by atoms with Crippen LogP contribution >= 0.6 is 11.3 Å². The number of benzene rings is 1. The number of aryl methyl sites for hydroxylation is 1. The van der Waals surface area contributed by atoms with E-state index in [1.165, 1.54) is 59.4 Å². The van der Waals surface area contributed by atoms with Crippen LogP contribution in [-0.2, 0) is 6.42 Å². The number of thiophene rings is 1. The molecule has 24 heavy (non-hydrogen) atoms. The third-order valence-electron chi connectivity index (χ3n) is 4.51. The first-order valence-electron chi connectivity index (χ1n) is 9.35. The van der Waals surface area contributed by atoms with Crippen molar-refractivity contribution < 1.29 is 4.79 Å². The summed E-state index contributed by atoms with van der Waals surface area (Å²) in [6.07, 6.45) is 10.00. The molecule has 0 radical (unpaired) electrons. The Morgan fingerprint density at radius 2 is 1.67 bits per heavy atom. The predicted molar refractivity (Wildman–Crippen MR) is 106 cm³/mol. The Hall–Kier alpha value is -1.41. The second-order valence-electron chi connectivity index (χ2n) is 6.83. The minimum atomic E-state index is 0.399. The Morgan fingerprint density at radius 1 is 1.00 bits per heavy atom. The van der Waals surface area contributed by atoms with Crippen LogP contribution in [0.5, 0.6) is 0 Å². The van der Waals surface area contributed by atoms with Crippen LogP contribution in [0.3, 0.4) is 0 Å². The second kappa shape index (κ2) is 9.78. The van der Waals surface area contributed by atoms with E-state index >= 15 is 0 Å². The molecule has 0 aliphatic carbocycles. The molecular weight excluding hydrogens is 312 g/mol. The smallest absolute Gasteiger partial charge is 0.151 e. The molecule has 1 aromatic carbocycles. The van der Waals surface area contributed by atoms with Gasteiger partial charge in [0.1, 0.15) is 0 Å². The highest BCUT2D eigenvalue weighted by Gasteiger charge is 2.20. The van der Waals surface area contributed by atoms with Crippen molar-refractivity contribution in [2.24, 2.45) is 0 Å². The predicted octanol–water partition coefficient (Wildman–Crippen LogP) is 7.25. The highest BCUT2D eigenvalue weighted by Crippen LogP contribution is 2.40. The fraction of sp³-hybridized carbons (Fsp3) is 0.500. The van der Waals surface area contributed by atoms with Gasteiger partial charge in [-0.2, -0.15) is 0 Å². The lowest BCUT2D eigenvalue weighted by Crippen LogP contribution is -1.92. The summed E-state index contributed by atoms with van der Waals surface area (Å²) in [6.45, 7) is 6.62. The number of hydrogen-bond donors (Lipinski definition) is 0. The molecule has 1 heterocycles. The van der Waals surface area contributed by atoms with Gasteiger partial charge in [0.15, 0.2) is 6.29 Å². The molecule has 0 unspecified atom stereocenters. The zero-order chi connectivity index (χ0) is 17.4. The molecule has 2 heteroatoms. The molecule has 0 aliphatic rings. The van der Waals surface area contributed by atoms with E-state index in [0.717, 1.165) is 18.3 Å². The van der Waals surface area contributed by atoms with Crippen molar-refractivity contribution in [2.45, 2.75) is 71.6 Å². The monoisotopic (exact) mass is 342 g/mol. The maximum atomic E-state index is 11.8. The average Bonchev–Trinajstić information content (AvgIpc) is 2.97. The SMILES string of the molecule is CCCCCCCCc1sc(C(C)C)c(C=O)c1-c1ccccc1. The molecule has 0 fully saturated rings. The van der Waals surface area contributed by atoms with Crippen molar-refractivity contribution in [2.75, 3.05) is 0 Å². The van der Waals surface area contributed by atoms with Crippen LogP contribution in [-0.4, -0.2) is 6.29 Å². The van der Waals surface area contributed by atoms with E-state index < -0.39 is 0 Å². The third-order valence-corrected chi connectivity index (χ3v) is 6.07. The molecule has 2 rings (SSSR count). The van der Waals surface area contributed by atoms with E-state index in [4.69, 9.17) is 0 Å². The highest BCUT2D eigenvalue weighted by atomic mass is 32.1. The van der Waals surface area contributed by atoms with Crippen molar-refractivity contribution in [1.29, 1.82) is 0 Å². The molecule has 2 aromatic rings. The zero-order valence-electron chi connectivity index (χ0n) is 15.3. The quantitative estimate of drug-likeness (QED) is 0.328. The Morgan fingerprint density at radius 3 is 2.29 bits per heavy atom. The molecule has 0 N–H and O–H groups in total. The molecule has 0 bridgehead atoms. The molecule has 0 spiro atoms. The standard InChI is InChI=1S/C22H30OS/c1-4-5-6-7-8-12-15-20-21(18-13-10-9-11-14-18)19(16-23)22(24-20)17(2)3/h9-11,13-14,16-17H,4-8,12,15H2,1-3H3. The van der Waals surface area contributed by atoms with Crippen LogP contribution in [0.1, 0.15) is 85.3 Å². The number of hydrogen-bond acceptors (Lipinski definition) is 2. The van der Waals surface area contributed by atoms with Crippen LogP contribution in [0.2, 0.25) is 0 Å². The van der Waals surface area contributed by atoms with Gasteiger partial charge >= 0.3 is 0 Å². The lowest BCUT2D eigenvalue weighted by molar-refractivity contribution is 0.112. The summed E-state index contributed by atoms with van der Waals surface area (Å²) < 4.78 is 0. The molecule has 0 saturated carbocycles. The number of carbonyl (C=O) groups excluding carboxylic acids is 1. The van der Waals surface area contributed by atoms with E-state index in [-0.39, 0.29) is 0 Å². The summed E-state index contributed by atoms with van der Waals surface area (Å²) in [5.41, 5.74) is 3.29. The Balaban J connectivity index is 2.21. The Bertz CT molecular complexity index is 625. The van der Waals surface area contributed by atoms with Crippen LogP contribution in [0, 0.1) is 0 Å². The van der Waals surface area contributed by atoms with Crippen molar-refractivity contribution in [3.63, 3.8) is 0 Å². The number of rotatable bonds is 10. The van der Waals surface area contributed by atoms with Crippen LogP contribution in [0.15, 0.2) is 30.3 Å². The number of carbonyl (C=O) groups is 1. The maximum Gasteiger partial charge on any atom is 0.151 e. The van der Waals surface area contributed by atoms with Gasteiger partial charge in [-0.1, -0.05) is 83.2 Å². The molecule has 0 amide bonds. The molecule has 0 atom stereocenters. The van der Waals surface area contributed by atoms with Gasteiger partial charge in [-0.3, -0.25) is 4.79 Å². The lowest BCUT2D eigenvalue weighted by atomic mass is 9.96. The summed E-state index contributed by atoms with van der Waals surface area (Å²) in [6, 6.07) is 10.4. The van der Waals surface area contributed by atoms with Gasteiger partial charge < -0.3 is 0 Å². The van der Waals surface area contributed by atoms with Crippen molar-refractivity contribution in [3.05, 3.63) is 45.6 Å². The first-order chi connectivity index (χ1) is 11.7. The average molecular weight is 343 g/mol. The minimum absolute atomic E-state index is 0.399. The van der Waals surface area contributed by atoms with E-state index in [1.807, 2.05) is 17.4 Å². The summed E-state index contributed by atoms with van der Waals surface area (Å²) in [5.74, 6) is 0.399. The van der Waals surface area contributed by atoms with E-state index in [2.05, 4.69) is 45.0 Å². The first kappa shape index (κ1) is 18.9. The van der Waals surface area contributed by atoms with Gasteiger partial charge in [-0.25, -0.2) is 0 Å². The normalized spacial score (nSPS) is 11.2. The van der Waals surface area contributed by atoms with Crippen LogP contribution in [0.25, 0.3) is 11.1 Å². The fourth-order valence-corrected chi connectivity index (χ4v) is 4.56. The van der Waals surface area contributed by atoms with Gasteiger partial charge in [0.2, 0.25) is 0 Å². The molecule has 0 saturated heterocycles. The van der Waals surface area contributed by atoms with Gasteiger partial charge in [0.25, 0.3) is 0 Å². The largest absolute Gasteiger partial charge is 0.298 e. The maximum absolute atomic E-state index is 11.8. The summed E-state index contributed by atoms with van der Waals surface area (Å²) in [4.78, 5) is 14.4. The third kappa shape index (κ3) is 4.80. The van der Waals surface area contributed by atoms with Crippen molar-refractivity contribution in [1.82, 2.24) is 0 Å². The summed E-state index contributed by atoms with van der Waals surface area (Å²) in [7, 11) is 0. The molecular formula is C22H30OS. The van der Waals surface area contributed by atoms with Crippen molar-refractivity contribution >= 4 is 17.6 Å². The van der Waals surface area contributed by atoms with E-state index in [1.54, 1.807) is 0 Å². The Kier molecular flexibility index (Phi) is 7.71. The van der Waals surface area contributed by atoms with Gasteiger partial charge in [0.05, 0.1) is 0 Å². The molecule has 1 aromatic heterocycles. The summed E-state index contributed by atoms with van der Waals surface area (Å²) in [5, 5.41) is 0. The first-order valence-corrected chi connectivity index (χ1v) is 10.2. The number of aldehydes is 1. The summed E-state index contributed by atoms with van der Waals surface area (Å²) >= 11 is 1.85. The minimum Gasteiger partial charge on any atom is -0.298 e. The van der Waals surface area contributed by atoms with Gasteiger partial charge in [0, 0.05) is 20.9 Å². The van der Waals surface area contributed by atoms with Crippen LogP contribution < -0.4 is 0 Å². The van der Waals surface area contributed by atoms with Gasteiger partial charge in [-0.05, 0) is 24.3 Å². The van der Waals surface area contributed by atoms with E-state index in [0.29, 0.717) is 5.92 Å². The Labute approximate surface area is 151 Å². The topological polar surface area (TPSA) is 17.1 Å². The van der Waals surface area contributed by atoms with Crippen LogP contribution in [0.4, 0.5) is 0 Å². The zero-order valence-corrected chi connectivity index (χ0v) is 16.1. The van der Waals surface area contributed by atoms with Gasteiger partial charge in [-0.15, -0.1) is 11.3 Å². The van der Waals surface area contributed by atoms with Crippen molar-refractivity contribution in [3.8, 4) is 11.1 Å². The molecule has 0 aliphatic heterocycles. The fourth-order valence-electron chi connectivity index (χ4n) is 3.22. The highest BCUT2D eigenvalue weighted by molar-refractivity contribution is 7.13. The number of unbranched alkanes of at least 4 members (excludes halogenated alkanes) is 5. The molecule has 1 nitrogen and oxygen atoms in total. The molecule has 130 valence electrons.